The quantitative estimate of drug-likeness (QED) is 0.862. The SMILES string of the molecule is O=C(NC1CCC(n2nc3c(cc2=O)CCCC3)CC1)c1onc2c1CCCC2. The van der Waals surface area contributed by atoms with Crippen LogP contribution in [0.4, 0.5) is 0 Å². The monoisotopic (exact) mass is 396 g/mol. The van der Waals surface area contributed by atoms with Gasteiger partial charge in [0.1, 0.15) is 0 Å². The largest absolute Gasteiger partial charge is 0.350 e. The molecule has 0 bridgehead atoms. The van der Waals surface area contributed by atoms with E-state index >= 15 is 0 Å². The average Bonchev–Trinajstić information content (AvgIpc) is 3.18. The lowest BCUT2D eigenvalue weighted by molar-refractivity contribution is 0.0882. The summed E-state index contributed by atoms with van der Waals surface area (Å²) < 4.78 is 7.07. The van der Waals surface area contributed by atoms with Crippen LogP contribution in [0.15, 0.2) is 15.4 Å². The normalized spacial score (nSPS) is 23.9. The van der Waals surface area contributed by atoms with Crippen LogP contribution < -0.4 is 10.9 Å². The van der Waals surface area contributed by atoms with Crippen LogP contribution in [0.2, 0.25) is 0 Å². The summed E-state index contributed by atoms with van der Waals surface area (Å²) in [6.45, 7) is 0. The number of nitrogens with one attached hydrogen (secondary N) is 1. The van der Waals surface area contributed by atoms with Crippen molar-refractivity contribution in [1.29, 1.82) is 0 Å². The highest BCUT2D eigenvalue weighted by Gasteiger charge is 2.29. The van der Waals surface area contributed by atoms with E-state index in [0.717, 1.165) is 99.6 Å². The van der Waals surface area contributed by atoms with Crippen LogP contribution in [-0.4, -0.2) is 26.9 Å². The Morgan fingerprint density at radius 2 is 1.72 bits per heavy atom. The zero-order chi connectivity index (χ0) is 19.8. The third kappa shape index (κ3) is 3.63. The van der Waals surface area contributed by atoms with Gasteiger partial charge in [0.2, 0.25) is 5.76 Å². The number of carbonyl (C=O) groups excluding carboxylic acids is 1. The molecule has 29 heavy (non-hydrogen) atoms. The van der Waals surface area contributed by atoms with Crippen LogP contribution in [0.5, 0.6) is 0 Å². The van der Waals surface area contributed by atoms with Gasteiger partial charge in [0, 0.05) is 17.7 Å². The van der Waals surface area contributed by atoms with Gasteiger partial charge in [-0.05, 0) is 82.6 Å². The molecule has 0 aromatic carbocycles. The lowest BCUT2D eigenvalue weighted by Gasteiger charge is -2.30. The first-order valence-corrected chi connectivity index (χ1v) is 11.1. The Balaban J connectivity index is 1.23. The summed E-state index contributed by atoms with van der Waals surface area (Å²) in [6.07, 6.45) is 11.6. The van der Waals surface area contributed by atoms with Crippen molar-refractivity contribution >= 4 is 5.91 Å². The first kappa shape index (κ1) is 18.6. The molecule has 0 unspecified atom stereocenters. The Morgan fingerprint density at radius 3 is 2.55 bits per heavy atom. The van der Waals surface area contributed by atoms with Gasteiger partial charge in [-0.25, -0.2) is 4.68 Å². The summed E-state index contributed by atoms with van der Waals surface area (Å²) in [7, 11) is 0. The number of carbonyl (C=O) groups is 1. The highest BCUT2D eigenvalue weighted by molar-refractivity contribution is 5.93. The zero-order valence-electron chi connectivity index (χ0n) is 16.8. The molecule has 2 aromatic rings. The number of fused-ring (bicyclic) bond motifs is 2. The third-order valence-electron chi connectivity index (χ3n) is 6.78. The lowest BCUT2D eigenvalue weighted by Crippen LogP contribution is -2.40. The van der Waals surface area contributed by atoms with Crippen molar-refractivity contribution < 1.29 is 9.32 Å². The molecule has 1 amide bonds. The van der Waals surface area contributed by atoms with Gasteiger partial charge >= 0.3 is 0 Å². The first-order chi connectivity index (χ1) is 14.2. The van der Waals surface area contributed by atoms with E-state index in [1.807, 2.05) is 0 Å². The fourth-order valence-corrected chi connectivity index (χ4v) is 5.12. The summed E-state index contributed by atoms with van der Waals surface area (Å²) in [4.78, 5) is 25.3. The molecule has 0 atom stereocenters. The molecule has 0 radical (unpaired) electrons. The molecule has 3 aliphatic rings. The minimum absolute atomic E-state index is 0.0198. The van der Waals surface area contributed by atoms with Crippen molar-refractivity contribution in [3.05, 3.63) is 44.7 Å². The molecule has 1 fully saturated rings. The van der Waals surface area contributed by atoms with Crippen molar-refractivity contribution in [2.45, 2.75) is 89.1 Å². The molecule has 7 nitrogen and oxygen atoms in total. The van der Waals surface area contributed by atoms with Gasteiger partial charge in [0.05, 0.1) is 17.4 Å². The van der Waals surface area contributed by atoms with Crippen molar-refractivity contribution in [3.8, 4) is 0 Å². The van der Waals surface area contributed by atoms with E-state index in [2.05, 4.69) is 10.5 Å². The van der Waals surface area contributed by atoms with Crippen molar-refractivity contribution in [3.63, 3.8) is 0 Å². The molecular formula is C22H28N4O3. The molecule has 0 aliphatic heterocycles. The summed E-state index contributed by atoms with van der Waals surface area (Å²) in [5.74, 6) is 0.252. The topological polar surface area (TPSA) is 90.0 Å². The minimum atomic E-state index is -0.145. The maximum atomic E-state index is 12.7. The second-order valence-corrected chi connectivity index (χ2v) is 8.73. The van der Waals surface area contributed by atoms with E-state index < -0.39 is 0 Å². The average molecular weight is 396 g/mol. The molecule has 0 spiro atoms. The number of nitrogens with zero attached hydrogens (tertiary/aromatic N) is 3. The Labute approximate surface area is 169 Å². The highest BCUT2D eigenvalue weighted by Crippen LogP contribution is 2.29. The number of amides is 1. The van der Waals surface area contributed by atoms with E-state index in [-0.39, 0.29) is 23.6 Å². The Morgan fingerprint density at radius 1 is 1.00 bits per heavy atom. The Bertz CT molecular complexity index is 969. The Kier molecular flexibility index (Phi) is 4.97. The fraction of sp³-hybridized carbons (Fsp3) is 0.636. The van der Waals surface area contributed by atoms with E-state index in [1.165, 1.54) is 0 Å². The maximum absolute atomic E-state index is 12.7. The van der Waals surface area contributed by atoms with Gasteiger partial charge < -0.3 is 9.84 Å². The number of aromatic nitrogens is 3. The summed E-state index contributed by atoms with van der Waals surface area (Å²) in [6, 6.07) is 2.03. The Hall–Kier alpha value is -2.44. The van der Waals surface area contributed by atoms with E-state index in [4.69, 9.17) is 9.62 Å². The van der Waals surface area contributed by atoms with Crippen molar-refractivity contribution in [2.75, 3.05) is 0 Å². The molecule has 5 rings (SSSR count). The molecular weight excluding hydrogens is 368 g/mol. The second kappa shape index (κ2) is 7.76. The number of aryl methyl sites for hydroxylation is 3. The van der Waals surface area contributed by atoms with Gasteiger partial charge in [-0.15, -0.1) is 0 Å². The lowest BCUT2D eigenvalue weighted by atomic mass is 9.90. The molecule has 2 heterocycles. The van der Waals surface area contributed by atoms with E-state index in [0.29, 0.717) is 5.76 Å². The minimum Gasteiger partial charge on any atom is -0.350 e. The molecule has 7 heteroatoms. The predicted octanol–water partition coefficient (Wildman–Crippen LogP) is 2.90. The summed E-state index contributed by atoms with van der Waals surface area (Å²) >= 11 is 0. The number of hydrogen-bond acceptors (Lipinski definition) is 5. The molecule has 154 valence electrons. The van der Waals surface area contributed by atoms with E-state index in [9.17, 15) is 9.59 Å². The molecule has 0 saturated heterocycles. The van der Waals surface area contributed by atoms with Crippen LogP contribution in [0, 0.1) is 0 Å². The molecule has 1 N–H and O–H groups in total. The van der Waals surface area contributed by atoms with Crippen molar-refractivity contribution in [1.82, 2.24) is 20.3 Å². The highest BCUT2D eigenvalue weighted by atomic mass is 16.5. The van der Waals surface area contributed by atoms with Crippen LogP contribution in [0.1, 0.15) is 90.5 Å². The van der Waals surface area contributed by atoms with Gasteiger partial charge in [0.15, 0.2) is 0 Å². The molecule has 3 aliphatic carbocycles. The number of rotatable bonds is 3. The predicted molar refractivity (Wildman–Crippen MR) is 107 cm³/mol. The summed E-state index contributed by atoms with van der Waals surface area (Å²) in [5, 5.41) is 11.9. The van der Waals surface area contributed by atoms with Gasteiger partial charge in [0.25, 0.3) is 11.5 Å². The first-order valence-electron chi connectivity index (χ1n) is 11.1. The van der Waals surface area contributed by atoms with Crippen LogP contribution in [0.3, 0.4) is 0 Å². The fourth-order valence-electron chi connectivity index (χ4n) is 5.12. The second-order valence-electron chi connectivity index (χ2n) is 8.73. The zero-order valence-corrected chi connectivity index (χ0v) is 16.8. The standard InChI is InChI=1S/C22H28N4O3/c27-20-13-14-5-1-3-7-18(14)24-26(20)16-11-9-15(10-12-16)23-22(28)21-17-6-2-4-8-19(17)25-29-21/h13,15-16H,1-12H2,(H,23,28). The van der Waals surface area contributed by atoms with Gasteiger partial charge in [-0.2, -0.15) is 5.10 Å². The van der Waals surface area contributed by atoms with Gasteiger partial charge in [-0.3, -0.25) is 9.59 Å². The van der Waals surface area contributed by atoms with Crippen LogP contribution in [-0.2, 0) is 25.7 Å². The third-order valence-corrected chi connectivity index (χ3v) is 6.78. The van der Waals surface area contributed by atoms with Crippen molar-refractivity contribution in [2.24, 2.45) is 0 Å². The van der Waals surface area contributed by atoms with Crippen LogP contribution >= 0.6 is 0 Å². The smallest absolute Gasteiger partial charge is 0.290 e. The van der Waals surface area contributed by atoms with E-state index in [1.54, 1.807) is 10.7 Å². The van der Waals surface area contributed by atoms with Gasteiger partial charge in [-0.1, -0.05) is 5.16 Å². The summed E-state index contributed by atoms with van der Waals surface area (Å²) in [5.41, 5.74) is 4.19. The molecule has 2 aromatic heterocycles. The van der Waals surface area contributed by atoms with Crippen LogP contribution in [0.25, 0.3) is 0 Å². The number of hydrogen-bond donors (Lipinski definition) is 1. The molecule has 1 saturated carbocycles. The maximum Gasteiger partial charge on any atom is 0.290 e.